The molecule has 1 aromatic carbocycles. The minimum absolute atomic E-state index is 0.0683. The van der Waals surface area contributed by atoms with Gasteiger partial charge in [0.15, 0.2) is 0 Å². The first kappa shape index (κ1) is 17.9. The molecule has 2 aromatic heterocycles. The van der Waals surface area contributed by atoms with E-state index in [0.29, 0.717) is 12.1 Å². The summed E-state index contributed by atoms with van der Waals surface area (Å²) in [6.45, 7) is 1.06. The Morgan fingerprint density at radius 1 is 1.12 bits per heavy atom. The number of rotatable bonds is 9. The molecule has 6 heteroatoms. The van der Waals surface area contributed by atoms with E-state index in [4.69, 9.17) is 5.11 Å². The van der Waals surface area contributed by atoms with Crippen molar-refractivity contribution in [3.63, 3.8) is 0 Å². The molecule has 0 aliphatic heterocycles. The van der Waals surface area contributed by atoms with Crippen molar-refractivity contribution in [2.75, 3.05) is 23.8 Å². The van der Waals surface area contributed by atoms with E-state index in [0.717, 1.165) is 48.1 Å². The molecular weight excluding hydrogens is 328 g/mol. The minimum atomic E-state index is -0.0683. The first-order valence-electron chi connectivity index (χ1n) is 8.92. The number of carbonyl (C=O) groups is 1. The van der Waals surface area contributed by atoms with Gasteiger partial charge in [0.25, 0.3) is 0 Å². The quantitative estimate of drug-likeness (QED) is 0.445. The van der Waals surface area contributed by atoms with Crippen molar-refractivity contribution in [2.45, 2.75) is 25.7 Å². The topological polar surface area (TPSA) is 90.0 Å². The number of carbonyl (C=O) groups excluding carboxylic acids is 1. The van der Waals surface area contributed by atoms with Gasteiger partial charge >= 0.3 is 0 Å². The Bertz CT molecular complexity index is 842. The molecule has 0 bridgehead atoms. The highest BCUT2D eigenvalue weighted by atomic mass is 16.2. The van der Waals surface area contributed by atoms with Crippen LogP contribution in [0.3, 0.4) is 0 Å². The second-order valence-corrected chi connectivity index (χ2v) is 6.23. The van der Waals surface area contributed by atoms with E-state index >= 15 is 0 Å². The van der Waals surface area contributed by atoms with Crippen molar-refractivity contribution in [2.24, 2.45) is 0 Å². The van der Waals surface area contributed by atoms with E-state index in [1.165, 1.54) is 0 Å². The van der Waals surface area contributed by atoms with Gasteiger partial charge in [-0.1, -0.05) is 18.2 Å². The number of pyridine rings is 1. The second kappa shape index (κ2) is 9.01. The third kappa shape index (κ3) is 4.83. The Morgan fingerprint density at radius 2 is 2.00 bits per heavy atom. The summed E-state index contributed by atoms with van der Waals surface area (Å²) in [5.74, 6) is 0.713. The summed E-state index contributed by atoms with van der Waals surface area (Å²) in [5.41, 5.74) is 2.69. The number of benzene rings is 1. The Labute approximate surface area is 152 Å². The second-order valence-electron chi connectivity index (χ2n) is 6.23. The van der Waals surface area contributed by atoms with Gasteiger partial charge in [0.1, 0.15) is 5.82 Å². The summed E-state index contributed by atoms with van der Waals surface area (Å²) in [6, 6.07) is 11.6. The Morgan fingerprint density at radius 3 is 2.81 bits per heavy atom. The van der Waals surface area contributed by atoms with Crippen molar-refractivity contribution in [1.29, 1.82) is 0 Å². The number of anilines is 2. The highest BCUT2D eigenvalue weighted by Crippen LogP contribution is 2.19. The van der Waals surface area contributed by atoms with Gasteiger partial charge in [-0.2, -0.15) is 0 Å². The van der Waals surface area contributed by atoms with Crippen LogP contribution in [0.15, 0.2) is 48.8 Å². The van der Waals surface area contributed by atoms with Gasteiger partial charge in [0.05, 0.1) is 18.3 Å². The average molecular weight is 352 g/mol. The van der Waals surface area contributed by atoms with Crippen LogP contribution in [0.25, 0.3) is 10.9 Å². The molecule has 0 unspecified atom stereocenters. The third-order valence-corrected chi connectivity index (χ3v) is 4.21. The molecule has 0 spiro atoms. The summed E-state index contributed by atoms with van der Waals surface area (Å²) >= 11 is 0. The number of para-hydroxylation sites is 1. The molecule has 3 aromatic rings. The van der Waals surface area contributed by atoms with Crippen LogP contribution in [0, 0.1) is 0 Å². The van der Waals surface area contributed by atoms with E-state index in [9.17, 15) is 4.79 Å². The molecule has 136 valence electrons. The van der Waals surface area contributed by atoms with E-state index in [1.807, 2.05) is 42.6 Å². The van der Waals surface area contributed by atoms with Gasteiger partial charge in [0.2, 0.25) is 5.91 Å². The van der Waals surface area contributed by atoms with Crippen LogP contribution >= 0.6 is 0 Å². The van der Waals surface area contributed by atoms with Crippen LogP contribution in [0.2, 0.25) is 0 Å². The fourth-order valence-electron chi connectivity index (χ4n) is 2.86. The maximum Gasteiger partial charge on any atom is 0.228 e. The highest BCUT2D eigenvalue weighted by Gasteiger charge is 2.09. The van der Waals surface area contributed by atoms with Crippen LogP contribution in [0.4, 0.5) is 11.5 Å². The van der Waals surface area contributed by atoms with Crippen molar-refractivity contribution >= 4 is 28.3 Å². The molecular formula is C20H24N4O2. The van der Waals surface area contributed by atoms with Crippen molar-refractivity contribution < 1.29 is 9.90 Å². The largest absolute Gasteiger partial charge is 0.396 e. The Kier molecular flexibility index (Phi) is 6.22. The molecule has 0 aliphatic rings. The van der Waals surface area contributed by atoms with Crippen LogP contribution < -0.4 is 10.6 Å². The molecule has 0 saturated heterocycles. The van der Waals surface area contributed by atoms with Crippen LogP contribution in [0.1, 0.15) is 24.8 Å². The lowest BCUT2D eigenvalue weighted by Crippen LogP contribution is -2.14. The van der Waals surface area contributed by atoms with Crippen molar-refractivity contribution in [3.05, 3.63) is 54.4 Å². The standard InChI is InChI=1S/C20H24N4O2/c25-11-5-1-4-10-21-19-9-8-16(14-23-19)24-20(26)12-15-13-22-18-7-3-2-6-17(15)18/h2-3,6-9,13-14,22,25H,1,4-5,10-12H2,(H,21,23)(H,24,26). The SMILES string of the molecule is O=C(Cc1c[nH]c2ccccc12)Nc1ccc(NCCCCCO)nc1. The van der Waals surface area contributed by atoms with Crippen molar-refractivity contribution in [3.8, 4) is 0 Å². The van der Waals surface area contributed by atoms with E-state index in [2.05, 4.69) is 20.6 Å². The summed E-state index contributed by atoms with van der Waals surface area (Å²) in [7, 11) is 0. The number of aliphatic hydroxyl groups excluding tert-OH is 1. The molecule has 2 heterocycles. The van der Waals surface area contributed by atoms with Gasteiger partial charge < -0.3 is 20.7 Å². The number of unbranched alkanes of at least 4 members (excludes halogenated alkanes) is 2. The lowest BCUT2D eigenvalue weighted by atomic mass is 10.1. The number of nitrogens with one attached hydrogen (secondary N) is 3. The molecule has 0 saturated carbocycles. The van der Waals surface area contributed by atoms with E-state index in [-0.39, 0.29) is 12.5 Å². The van der Waals surface area contributed by atoms with Crippen LogP contribution in [-0.2, 0) is 11.2 Å². The molecule has 0 aliphatic carbocycles. The lowest BCUT2D eigenvalue weighted by molar-refractivity contribution is -0.115. The predicted octanol–water partition coefficient (Wildman–Crippen LogP) is 3.32. The minimum Gasteiger partial charge on any atom is -0.396 e. The average Bonchev–Trinajstić information content (AvgIpc) is 3.06. The first-order chi connectivity index (χ1) is 12.8. The zero-order valence-electron chi connectivity index (χ0n) is 14.7. The fraction of sp³-hybridized carbons (Fsp3) is 0.300. The summed E-state index contributed by atoms with van der Waals surface area (Å²) in [6.07, 6.45) is 6.66. The molecule has 0 atom stereocenters. The molecule has 3 rings (SSSR count). The number of aromatic nitrogens is 2. The molecule has 0 radical (unpaired) electrons. The summed E-state index contributed by atoms with van der Waals surface area (Å²) in [5, 5.41) is 15.9. The molecule has 6 nitrogen and oxygen atoms in total. The number of fused-ring (bicyclic) bond motifs is 1. The number of hydrogen-bond acceptors (Lipinski definition) is 4. The molecule has 4 N–H and O–H groups in total. The number of amides is 1. The number of nitrogens with zero attached hydrogens (tertiary/aromatic N) is 1. The maximum absolute atomic E-state index is 12.3. The predicted molar refractivity (Wildman–Crippen MR) is 104 cm³/mol. The van der Waals surface area contributed by atoms with Crippen LogP contribution in [0.5, 0.6) is 0 Å². The van der Waals surface area contributed by atoms with E-state index < -0.39 is 0 Å². The van der Waals surface area contributed by atoms with Crippen molar-refractivity contribution in [1.82, 2.24) is 9.97 Å². The Balaban J connectivity index is 1.50. The molecule has 26 heavy (non-hydrogen) atoms. The number of aromatic amines is 1. The lowest BCUT2D eigenvalue weighted by Gasteiger charge is -2.08. The molecule has 1 amide bonds. The molecule has 0 fully saturated rings. The summed E-state index contributed by atoms with van der Waals surface area (Å²) < 4.78 is 0. The third-order valence-electron chi connectivity index (χ3n) is 4.21. The first-order valence-corrected chi connectivity index (χ1v) is 8.92. The normalized spacial score (nSPS) is 10.8. The van der Waals surface area contributed by atoms with Crippen LogP contribution in [-0.4, -0.2) is 34.1 Å². The van der Waals surface area contributed by atoms with Gasteiger partial charge in [-0.05, 0) is 43.0 Å². The van der Waals surface area contributed by atoms with Gasteiger partial charge in [-0.25, -0.2) is 4.98 Å². The monoisotopic (exact) mass is 352 g/mol. The summed E-state index contributed by atoms with van der Waals surface area (Å²) in [4.78, 5) is 19.8. The zero-order valence-corrected chi connectivity index (χ0v) is 14.7. The zero-order chi connectivity index (χ0) is 18.2. The van der Waals surface area contributed by atoms with Gasteiger partial charge in [0, 0.05) is 30.3 Å². The van der Waals surface area contributed by atoms with Gasteiger partial charge in [-0.3, -0.25) is 4.79 Å². The number of H-pyrrole nitrogens is 1. The Hall–Kier alpha value is -2.86. The fourth-order valence-corrected chi connectivity index (χ4v) is 2.86. The highest BCUT2D eigenvalue weighted by molar-refractivity contribution is 5.95. The maximum atomic E-state index is 12.3. The van der Waals surface area contributed by atoms with E-state index in [1.54, 1.807) is 6.20 Å². The number of aliphatic hydroxyl groups is 1. The smallest absolute Gasteiger partial charge is 0.228 e. The van der Waals surface area contributed by atoms with Gasteiger partial charge in [-0.15, -0.1) is 0 Å². The number of hydrogen-bond donors (Lipinski definition) is 4.